The minimum Gasteiger partial charge on any atom is -0.507 e. The fraction of sp³-hybridized carbons (Fsp3) is 0. The summed E-state index contributed by atoms with van der Waals surface area (Å²) in [6.07, 6.45) is 0. The van der Waals surface area contributed by atoms with Gasteiger partial charge in [-0.3, -0.25) is 0 Å². The number of phenols is 1. The van der Waals surface area contributed by atoms with Gasteiger partial charge in [-0.1, -0.05) is 28.1 Å². The Morgan fingerprint density at radius 3 is 2.71 bits per heavy atom. The number of nitrogens with zero attached hydrogens (tertiary/aromatic N) is 1. The van der Waals surface area contributed by atoms with Crippen molar-refractivity contribution in [2.45, 2.75) is 0 Å². The van der Waals surface area contributed by atoms with Gasteiger partial charge in [-0.2, -0.15) is 0 Å². The monoisotopic (exact) mass is 288 g/mol. The van der Waals surface area contributed by atoms with Crippen LogP contribution in [-0.2, 0) is 0 Å². The molecule has 0 radical (unpaired) electrons. The van der Waals surface area contributed by atoms with Crippen LogP contribution < -0.4 is 0 Å². The smallest absolute Gasteiger partial charge is 0.142 e. The summed E-state index contributed by atoms with van der Waals surface area (Å²) in [5.74, 6) is 0.884. The van der Waals surface area contributed by atoms with Crippen LogP contribution in [0.5, 0.6) is 5.75 Å². The summed E-state index contributed by atoms with van der Waals surface area (Å²) in [6, 6.07) is 13.1. The van der Waals surface area contributed by atoms with Crippen LogP contribution in [0.2, 0.25) is 0 Å². The molecule has 17 heavy (non-hydrogen) atoms. The van der Waals surface area contributed by atoms with E-state index in [1.54, 1.807) is 6.07 Å². The molecule has 0 amide bonds. The highest BCUT2D eigenvalue weighted by Crippen LogP contribution is 2.30. The fourth-order valence-electron chi connectivity index (χ4n) is 1.79. The van der Waals surface area contributed by atoms with E-state index in [1.165, 1.54) is 0 Å². The maximum atomic E-state index is 9.88. The second-order valence-corrected chi connectivity index (χ2v) is 4.68. The lowest BCUT2D eigenvalue weighted by atomic mass is 10.2. The van der Waals surface area contributed by atoms with Crippen LogP contribution in [0.4, 0.5) is 0 Å². The van der Waals surface area contributed by atoms with Crippen LogP contribution in [0.25, 0.3) is 22.4 Å². The topological polar surface area (TPSA) is 48.9 Å². The zero-order valence-corrected chi connectivity index (χ0v) is 10.4. The van der Waals surface area contributed by atoms with E-state index in [1.807, 2.05) is 36.4 Å². The lowest BCUT2D eigenvalue weighted by Crippen LogP contribution is -1.81. The molecule has 2 N–H and O–H groups in total. The second-order valence-electron chi connectivity index (χ2n) is 3.76. The number of halogens is 1. The standard InChI is InChI=1S/C13H9BrN2O/c14-8-5-6-9(12(17)7-8)13-15-10-3-1-2-4-11(10)16-13/h1-7,17H,(H,15,16). The molecule has 0 fully saturated rings. The summed E-state index contributed by atoms with van der Waals surface area (Å²) in [5.41, 5.74) is 2.55. The number of H-pyrrole nitrogens is 1. The molecule has 0 saturated carbocycles. The molecule has 0 spiro atoms. The van der Waals surface area contributed by atoms with Crippen LogP contribution in [-0.4, -0.2) is 15.1 Å². The minimum absolute atomic E-state index is 0.207. The number of hydrogen-bond acceptors (Lipinski definition) is 2. The Hall–Kier alpha value is -1.81. The first-order chi connectivity index (χ1) is 8.24. The van der Waals surface area contributed by atoms with Gasteiger partial charge in [-0.25, -0.2) is 4.98 Å². The molecule has 4 heteroatoms. The summed E-state index contributed by atoms with van der Waals surface area (Å²) in [7, 11) is 0. The molecule has 0 aliphatic rings. The first-order valence-corrected chi connectivity index (χ1v) is 5.97. The number of nitrogens with one attached hydrogen (secondary N) is 1. The summed E-state index contributed by atoms with van der Waals surface area (Å²) < 4.78 is 0.842. The number of aromatic amines is 1. The van der Waals surface area contributed by atoms with Gasteiger partial charge in [0.25, 0.3) is 0 Å². The summed E-state index contributed by atoms with van der Waals surface area (Å²) in [5, 5.41) is 9.88. The Labute approximate surface area is 106 Å². The Bertz CT molecular complexity index is 658. The van der Waals surface area contributed by atoms with Crippen molar-refractivity contribution in [3.05, 3.63) is 46.9 Å². The third-order valence-electron chi connectivity index (χ3n) is 2.60. The first kappa shape index (κ1) is 10.4. The number of fused-ring (bicyclic) bond motifs is 1. The molecule has 1 heterocycles. The number of aromatic hydroxyl groups is 1. The summed E-state index contributed by atoms with van der Waals surface area (Å²) in [4.78, 5) is 7.63. The van der Waals surface area contributed by atoms with Crippen molar-refractivity contribution < 1.29 is 5.11 Å². The van der Waals surface area contributed by atoms with Crippen LogP contribution in [0, 0.1) is 0 Å². The number of benzene rings is 2. The molecule has 3 nitrogen and oxygen atoms in total. The molecule has 2 aromatic carbocycles. The molecule has 84 valence electrons. The molecule has 3 aromatic rings. The number of imidazole rings is 1. The van der Waals surface area contributed by atoms with E-state index >= 15 is 0 Å². The summed E-state index contributed by atoms with van der Waals surface area (Å²) >= 11 is 3.31. The number of phenolic OH excluding ortho intramolecular Hbond substituents is 1. The molecule has 0 atom stereocenters. The van der Waals surface area contributed by atoms with Gasteiger partial charge in [0, 0.05) is 4.47 Å². The van der Waals surface area contributed by atoms with Crippen LogP contribution in [0.1, 0.15) is 0 Å². The van der Waals surface area contributed by atoms with Gasteiger partial charge in [0.1, 0.15) is 11.6 Å². The highest BCUT2D eigenvalue weighted by molar-refractivity contribution is 9.10. The van der Waals surface area contributed by atoms with E-state index in [0.29, 0.717) is 11.4 Å². The van der Waals surface area contributed by atoms with Crippen LogP contribution in [0.3, 0.4) is 0 Å². The van der Waals surface area contributed by atoms with E-state index in [9.17, 15) is 5.11 Å². The van der Waals surface area contributed by atoms with Crippen molar-refractivity contribution in [1.29, 1.82) is 0 Å². The van der Waals surface area contributed by atoms with E-state index in [0.717, 1.165) is 15.5 Å². The van der Waals surface area contributed by atoms with E-state index < -0.39 is 0 Å². The molecular formula is C13H9BrN2O. The van der Waals surface area contributed by atoms with Gasteiger partial charge < -0.3 is 10.1 Å². The molecule has 3 rings (SSSR count). The molecule has 0 aliphatic carbocycles. The van der Waals surface area contributed by atoms with Crippen molar-refractivity contribution in [2.24, 2.45) is 0 Å². The molecule has 0 unspecified atom stereocenters. The largest absolute Gasteiger partial charge is 0.507 e. The number of hydrogen-bond donors (Lipinski definition) is 2. The number of aromatic nitrogens is 2. The summed E-state index contributed by atoms with van der Waals surface area (Å²) in [6.45, 7) is 0. The lowest BCUT2D eigenvalue weighted by molar-refractivity contribution is 0.476. The van der Waals surface area contributed by atoms with Crippen molar-refractivity contribution in [3.63, 3.8) is 0 Å². The van der Waals surface area contributed by atoms with E-state index in [-0.39, 0.29) is 5.75 Å². The zero-order chi connectivity index (χ0) is 11.8. The quantitative estimate of drug-likeness (QED) is 0.717. The van der Waals surface area contributed by atoms with Gasteiger partial charge in [0.2, 0.25) is 0 Å². The third-order valence-corrected chi connectivity index (χ3v) is 3.10. The predicted octanol–water partition coefficient (Wildman–Crippen LogP) is 3.70. The maximum absolute atomic E-state index is 9.88. The second kappa shape index (κ2) is 3.89. The Balaban J connectivity index is 2.20. The Morgan fingerprint density at radius 1 is 1.12 bits per heavy atom. The van der Waals surface area contributed by atoms with Gasteiger partial charge in [0.15, 0.2) is 0 Å². The Morgan fingerprint density at radius 2 is 1.94 bits per heavy atom. The highest BCUT2D eigenvalue weighted by atomic mass is 79.9. The molecule has 0 aliphatic heterocycles. The van der Waals surface area contributed by atoms with Gasteiger partial charge >= 0.3 is 0 Å². The molecule has 1 aromatic heterocycles. The van der Waals surface area contributed by atoms with Gasteiger partial charge in [-0.05, 0) is 30.3 Å². The maximum Gasteiger partial charge on any atom is 0.142 e. The molecule has 0 saturated heterocycles. The number of para-hydroxylation sites is 2. The molecular weight excluding hydrogens is 280 g/mol. The van der Waals surface area contributed by atoms with E-state index in [4.69, 9.17) is 0 Å². The normalized spacial score (nSPS) is 10.9. The van der Waals surface area contributed by atoms with Crippen molar-refractivity contribution >= 4 is 27.0 Å². The average Bonchev–Trinajstić information content (AvgIpc) is 2.72. The lowest BCUT2D eigenvalue weighted by Gasteiger charge is -2.00. The van der Waals surface area contributed by atoms with Crippen LogP contribution in [0.15, 0.2) is 46.9 Å². The Kier molecular flexibility index (Phi) is 2.37. The molecule has 0 bridgehead atoms. The van der Waals surface area contributed by atoms with Gasteiger partial charge in [-0.15, -0.1) is 0 Å². The van der Waals surface area contributed by atoms with Crippen molar-refractivity contribution in [3.8, 4) is 17.1 Å². The average molecular weight is 289 g/mol. The first-order valence-electron chi connectivity index (χ1n) is 5.18. The highest BCUT2D eigenvalue weighted by Gasteiger charge is 2.09. The zero-order valence-electron chi connectivity index (χ0n) is 8.81. The van der Waals surface area contributed by atoms with Crippen molar-refractivity contribution in [2.75, 3.05) is 0 Å². The van der Waals surface area contributed by atoms with E-state index in [2.05, 4.69) is 25.9 Å². The predicted molar refractivity (Wildman–Crippen MR) is 70.9 cm³/mol. The van der Waals surface area contributed by atoms with Crippen LogP contribution >= 0.6 is 15.9 Å². The van der Waals surface area contributed by atoms with Crippen molar-refractivity contribution in [1.82, 2.24) is 9.97 Å². The number of rotatable bonds is 1. The third kappa shape index (κ3) is 1.80. The minimum atomic E-state index is 0.207. The SMILES string of the molecule is Oc1cc(Br)ccc1-c1nc2ccccc2[nH]1. The van der Waals surface area contributed by atoms with Gasteiger partial charge in [0.05, 0.1) is 16.6 Å². The fourth-order valence-corrected chi connectivity index (χ4v) is 2.13.